The van der Waals surface area contributed by atoms with Crippen molar-refractivity contribution in [1.29, 1.82) is 0 Å². The highest BCUT2D eigenvalue weighted by Gasteiger charge is 2.27. The number of rotatable bonds is 6. The second kappa shape index (κ2) is 8.83. The normalized spacial score (nSPS) is 10.9. The zero-order chi connectivity index (χ0) is 21.8. The number of pyridine rings is 1. The summed E-state index contributed by atoms with van der Waals surface area (Å²) >= 11 is 0. The summed E-state index contributed by atoms with van der Waals surface area (Å²) in [5, 5.41) is 7.69. The van der Waals surface area contributed by atoms with Gasteiger partial charge in [-0.3, -0.25) is 9.48 Å². The smallest absolute Gasteiger partial charge is 0.329 e. The molecule has 0 aliphatic carbocycles. The molecule has 31 heavy (non-hydrogen) atoms. The first-order valence-corrected chi connectivity index (χ1v) is 10.2. The van der Waals surface area contributed by atoms with Crippen LogP contribution in [0.4, 0.5) is 10.5 Å². The van der Waals surface area contributed by atoms with Crippen LogP contribution in [0.25, 0.3) is 22.2 Å². The molecule has 0 saturated carbocycles. The van der Waals surface area contributed by atoms with E-state index >= 15 is 0 Å². The minimum Gasteiger partial charge on any atom is -0.345 e. The first kappa shape index (κ1) is 20.3. The van der Waals surface area contributed by atoms with Crippen molar-refractivity contribution in [2.45, 2.75) is 19.8 Å². The highest BCUT2D eigenvalue weighted by atomic mass is 16.2. The van der Waals surface area contributed by atoms with Crippen molar-refractivity contribution < 1.29 is 9.59 Å². The Morgan fingerprint density at radius 1 is 1.16 bits per heavy atom. The summed E-state index contributed by atoms with van der Waals surface area (Å²) in [6.45, 7) is 2.55. The summed E-state index contributed by atoms with van der Waals surface area (Å²) < 4.78 is 1.71. The van der Waals surface area contributed by atoms with Gasteiger partial charge in [-0.05, 0) is 24.6 Å². The van der Waals surface area contributed by atoms with Crippen LogP contribution in [0, 0.1) is 0 Å². The molecule has 0 unspecified atom stereocenters. The number of imide groups is 1. The van der Waals surface area contributed by atoms with E-state index in [1.807, 2.05) is 32.3 Å². The first-order chi connectivity index (χ1) is 15.1. The fraction of sp³-hybridized carbons (Fsp3) is 0.217. The van der Waals surface area contributed by atoms with Crippen LogP contribution in [0.15, 0.2) is 61.2 Å². The largest absolute Gasteiger partial charge is 0.345 e. The lowest BCUT2D eigenvalue weighted by Gasteiger charge is -2.21. The molecule has 3 heterocycles. The number of urea groups is 1. The van der Waals surface area contributed by atoms with E-state index in [0.717, 1.165) is 24.0 Å². The minimum absolute atomic E-state index is 0.378. The number of H-pyrrole nitrogens is 1. The van der Waals surface area contributed by atoms with Gasteiger partial charge in [0.05, 0.1) is 17.4 Å². The first-order valence-electron chi connectivity index (χ1n) is 10.2. The van der Waals surface area contributed by atoms with Gasteiger partial charge in [-0.25, -0.2) is 14.7 Å². The molecule has 8 heteroatoms. The molecule has 8 nitrogen and oxygen atoms in total. The second-order valence-corrected chi connectivity index (χ2v) is 7.29. The number of hydrogen-bond donors (Lipinski definition) is 2. The van der Waals surface area contributed by atoms with Gasteiger partial charge in [-0.1, -0.05) is 31.5 Å². The van der Waals surface area contributed by atoms with Crippen LogP contribution in [0.5, 0.6) is 0 Å². The van der Waals surface area contributed by atoms with Crippen molar-refractivity contribution in [3.05, 3.63) is 66.7 Å². The van der Waals surface area contributed by atoms with Gasteiger partial charge in [0.2, 0.25) is 0 Å². The number of anilines is 1. The Balaban J connectivity index is 1.73. The van der Waals surface area contributed by atoms with E-state index in [4.69, 9.17) is 0 Å². The van der Waals surface area contributed by atoms with Gasteiger partial charge >= 0.3 is 6.03 Å². The number of para-hydroxylation sites is 1. The molecule has 0 atom stereocenters. The molecule has 4 aromatic rings. The van der Waals surface area contributed by atoms with E-state index < -0.39 is 11.9 Å². The molecule has 0 radical (unpaired) electrons. The SMILES string of the molecule is CCCCNC(=O)N(C(=O)c1c[nH]c2ncc(-c3cnn(C)c3)cc12)c1ccccc1. The Bertz CT molecular complexity index is 1210. The maximum atomic E-state index is 13.5. The van der Waals surface area contributed by atoms with Crippen molar-refractivity contribution in [2.24, 2.45) is 7.05 Å². The zero-order valence-corrected chi connectivity index (χ0v) is 17.5. The van der Waals surface area contributed by atoms with E-state index in [0.29, 0.717) is 28.8 Å². The predicted molar refractivity (Wildman–Crippen MR) is 120 cm³/mol. The van der Waals surface area contributed by atoms with Crippen molar-refractivity contribution in [3.63, 3.8) is 0 Å². The molecule has 3 amide bonds. The number of nitrogens with zero attached hydrogens (tertiary/aromatic N) is 4. The molecule has 158 valence electrons. The number of nitrogens with one attached hydrogen (secondary N) is 2. The van der Waals surface area contributed by atoms with Crippen LogP contribution in [0.3, 0.4) is 0 Å². The van der Waals surface area contributed by atoms with Crippen LogP contribution < -0.4 is 10.2 Å². The number of benzene rings is 1. The highest BCUT2D eigenvalue weighted by molar-refractivity contribution is 6.24. The number of aromatic amines is 1. The number of aromatic nitrogens is 4. The van der Waals surface area contributed by atoms with Gasteiger partial charge in [0.15, 0.2) is 0 Å². The van der Waals surface area contributed by atoms with Gasteiger partial charge in [-0.15, -0.1) is 0 Å². The van der Waals surface area contributed by atoms with Crippen LogP contribution in [0.2, 0.25) is 0 Å². The fourth-order valence-corrected chi connectivity index (χ4v) is 3.38. The molecule has 0 saturated heterocycles. The van der Waals surface area contributed by atoms with Gasteiger partial charge in [0.1, 0.15) is 5.65 Å². The monoisotopic (exact) mass is 416 g/mol. The topological polar surface area (TPSA) is 95.9 Å². The number of unbranched alkanes of at least 4 members (excludes halogenated alkanes) is 1. The third-order valence-electron chi connectivity index (χ3n) is 5.03. The van der Waals surface area contributed by atoms with Crippen LogP contribution >= 0.6 is 0 Å². The Labute approximate surface area is 179 Å². The number of hydrogen-bond acceptors (Lipinski definition) is 4. The quantitative estimate of drug-likeness (QED) is 0.462. The fourth-order valence-electron chi connectivity index (χ4n) is 3.38. The second-order valence-electron chi connectivity index (χ2n) is 7.29. The summed E-state index contributed by atoms with van der Waals surface area (Å²) in [6.07, 6.45) is 8.75. The molecule has 0 aliphatic heterocycles. The molecular weight excluding hydrogens is 392 g/mol. The van der Waals surface area contributed by atoms with Gasteiger partial charge in [-0.2, -0.15) is 5.10 Å². The third kappa shape index (κ3) is 4.18. The average Bonchev–Trinajstić information content (AvgIpc) is 3.40. The molecule has 2 N–H and O–H groups in total. The third-order valence-corrected chi connectivity index (χ3v) is 5.03. The van der Waals surface area contributed by atoms with E-state index in [2.05, 4.69) is 20.4 Å². The molecule has 4 rings (SSSR count). The van der Waals surface area contributed by atoms with E-state index in [1.165, 1.54) is 4.90 Å². The Morgan fingerprint density at radius 2 is 1.97 bits per heavy atom. The van der Waals surface area contributed by atoms with Crippen molar-refractivity contribution in [3.8, 4) is 11.1 Å². The lowest BCUT2D eigenvalue weighted by atomic mass is 10.1. The summed E-state index contributed by atoms with van der Waals surface area (Å²) in [6, 6.07) is 10.4. The standard InChI is InChI=1S/C23H24N6O2/c1-3-4-10-24-23(31)29(18-8-6-5-7-9-18)22(30)20-14-26-21-19(20)11-16(12-25-21)17-13-27-28(2)15-17/h5-9,11-15H,3-4,10H2,1-2H3,(H,24,31)(H,25,26). The number of aryl methyl sites for hydroxylation is 1. The molecule has 1 aromatic carbocycles. The van der Waals surface area contributed by atoms with Crippen LogP contribution in [-0.2, 0) is 7.05 Å². The van der Waals surface area contributed by atoms with Gasteiger partial charge in [0.25, 0.3) is 5.91 Å². The van der Waals surface area contributed by atoms with Crippen molar-refractivity contribution >= 4 is 28.7 Å². The average molecular weight is 416 g/mol. The number of amides is 3. The summed E-state index contributed by atoms with van der Waals surface area (Å²) in [7, 11) is 1.84. The summed E-state index contributed by atoms with van der Waals surface area (Å²) in [5.74, 6) is -0.420. The Kier molecular flexibility index (Phi) is 5.79. The lowest BCUT2D eigenvalue weighted by Crippen LogP contribution is -2.44. The maximum Gasteiger partial charge on any atom is 0.329 e. The molecule has 0 spiro atoms. The number of fused-ring (bicyclic) bond motifs is 1. The van der Waals surface area contributed by atoms with Crippen molar-refractivity contribution in [1.82, 2.24) is 25.1 Å². The molecular formula is C23H24N6O2. The van der Waals surface area contributed by atoms with Crippen LogP contribution in [-0.4, -0.2) is 38.2 Å². The Hall–Kier alpha value is -3.94. The number of carbonyl (C=O) groups excluding carboxylic acids is 2. The van der Waals surface area contributed by atoms with Gasteiger partial charge < -0.3 is 10.3 Å². The molecule has 3 aromatic heterocycles. The lowest BCUT2D eigenvalue weighted by molar-refractivity contribution is 0.0995. The molecule has 0 aliphatic rings. The van der Waals surface area contributed by atoms with Gasteiger partial charge in [0, 0.05) is 48.7 Å². The van der Waals surface area contributed by atoms with Crippen molar-refractivity contribution in [2.75, 3.05) is 11.4 Å². The predicted octanol–water partition coefficient (Wildman–Crippen LogP) is 4.12. The van der Waals surface area contributed by atoms with E-state index in [9.17, 15) is 9.59 Å². The zero-order valence-electron chi connectivity index (χ0n) is 17.5. The summed E-state index contributed by atoms with van der Waals surface area (Å²) in [5.41, 5.74) is 3.20. The number of carbonyl (C=O) groups is 2. The minimum atomic E-state index is -0.449. The van der Waals surface area contributed by atoms with Crippen LogP contribution in [0.1, 0.15) is 30.1 Å². The Morgan fingerprint density at radius 3 is 2.68 bits per heavy atom. The molecule has 0 bridgehead atoms. The summed E-state index contributed by atoms with van der Waals surface area (Å²) in [4.78, 5) is 35.1. The highest BCUT2D eigenvalue weighted by Crippen LogP contribution is 2.26. The van der Waals surface area contributed by atoms with E-state index in [1.54, 1.807) is 47.5 Å². The van der Waals surface area contributed by atoms with E-state index in [-0.39, 0.29) is 0 Å². The molecule has 0 fully saturated rings. The maximum absolute atomic E-state index is 13.5.